The number of hydrogen-bond acceptors (Lipinski definition) is 5. The van der Waals surface area contributed by atoms with Crippen LogP contribution in [0.1, 0.15) is 0 Å². The summed E-state index contributed by atoms with van der Waals surface area (Å²) in [7, 11) is -9.39. The topological polar surface area (TPSA) is 138 Å². The largest absolute Gasteiger partial charge is 0.324 e. The lowest BCUT2D eigenvalue weighted by molar-refractivity contribution is -0.113. The van der Waals surface area contributed by atoms with Crippen LogP contribution in [0.2, 0.25) is 0 Å². The second-order valence-electron chi connectivity index (χ2n) is 4.43. The number of alkyl halides is 1. The molecule has 0 fully saturated rings. The van der Waals surface area contributed by atoms with Gasteiger partial charge in [0.25, 0.3) is 20.2 Å². The molecule has 2 aromatic carbocycles. The quantitative estimate of drug-likeness (QED) is 0.501. The summed E-state index contributed by atoms with van der Waals surface area (Å²) < 4.78 is 64.8. The van der Waals surface area contributed by atoms with Gasteiger partial charge in [0.2, 0.25) is 5.91 Å². The summed E-state index contributed by atoms with van der Waals surface area (Å²) in [6.45, 7) is 0. The Morgan fingerprint density at radius 1 is 1.00 bits per heavy atom. The Bertz CT molecular complexity index is 999. The van der Waals surface area contributed by atoms with Gasteiger partial charge in [0.1, 0.15) is 9.79 Å². The maximum absolute atomic E-state index is 11.7. The Morgan fingerprint density at radius 2 is 1.65 bits per heavy atom. The van der Waals surface area contributed by atoms with Crippen molar-refractivity contribution in [3.8, 4) is 0 Å². The van der Waals surface area contributed by atoms with Crippen LogP contribution < -0.4 is 5.32 Å². The van der Waals surface area contributed by atoms with Crippen molar-refractivity contribution < 1.29 is 30.7 Å². The van der Waals surface area contributed by atoms with Gasteiger partial charge in [-0.1, -0.05) is 34.1 Å². The van der Waals surface area contributed by atoms with Crippen molar-refractivity contribution >= 4 is 58.5 Å². The van der Waals surface area contributed by atoms with E-state index in [1.54, 1.807) is 0 Å². The van der Waals surface area contributed by atoms with Gasteiger partial charge < -0.3 is 5.32 Å². The number of halogens is 1. The van der Waals surface area contributed by atoms with Gasteiger partial charge >= 0.3 is 0 Å². The van der Waals surface area contributed by atoms with Crippen LogP contribution in [0.15, 0.2) is 40.1 Å². The monoisotopic (exact) mass is 423 g/mol. The molecule has 3 N–H and O–H groups in total. The van der Waals surface area contributed by atoms with Gasteiger partial charge in [-0.05, 0) is 12.1 Å². The van der Waals surface area contributed by atoms with Crippen molar-refractivity contribution in [3.05, 3.63) is 30.3 Å². The van der Waals surface area contributed by atoms with Gasteiger partial charge in [-0.15, -0.1) is 0 Å². The summed E-state index contributed by atoms with van der Waals surface area (Å²) in [5.74, 6) is -0.569. The van der Waals surface area contributed by atoms with E-state index < -0.39 is 35.9 Å². The molecule has 1 amide bonds. The van der Waals surface area contributed by atoms with Crippen LogP contribution in [0.4, 0.5) is 5.69 Å². The number of carbonyl (C=O) groups is 1. The zero-order chi connectivity index (χ0) is 17.4. The van der Waals surface area contributed by atoms with Gasteiger partial charge in [-0.2, -0.15) is 16.8 Å². The van der Waals surface area contributed by atoms with E-state index in [9.17, 15) is 30.7 Å². The maximum atomic E-state index is 11.7. The molecule has 0 unspecified atom stereocenters. The summed E-state index contributed by atoms with van der Waals surface area (Å²) in [6.07, 6.45) is 0. The SMILES string of the molecule is O=C(CBr)Nc1ccc2c(S(=O)(=O)O)cccc2c1S(=O)(=O)O. The molecule has 0 spiro atoms. The van der Waals surface area contributed by atoms with Crippen molar-refractivity contribution in [3.63, 3.8) is 0 Å². The Balaban J connectivity index is 2.92. The molecule has 0 aromatic heterocycles. The molecule has 0 atom stereocenters. The van der Waals surface area contributed by atoms with Crippen LogP contribution in [-0.4, -0.2) is 37.2 Å². The summed E-state index contributed by atoms with van der Waals surface area (Å²) >= 11 is 2.90. The molecule has 0 bridgehead atoms. The molecule has 2 aromatic rings. The standard InChI is InChI=1S/C12H10BrNO7S2/c13-6-11(15)14-9-5-4-7-8(12(9)23(19,20)21)2-1-3-10(7)22(16,17)18/h1-5H,6H2,(H,14,15)(H,16,17,18)(H,19,20,21). The molecule has 2 rings (SSSR count). The molecule has 0 radical (unpaired) electrons. The van der Waals surface area contributed by atoms with Gasteiger partial charge in [0, 0.05) is 10.8 Å². The first-order valence-electron chi connectivity index (χ1n) is 5.92. The van der Waals surface area contributed by atoms with Gasteiger partial charge in [-0.25, -0.2) is 0 Å². The van der Waals surface area contributed by atoms with E-state index >= 15 is 0 Å². The molecule has 11 heteroatoms. The molecule has 0 aliphatic heterocycles. The molecule has 0 saturated heterocycles. The van der Waals surface area contributed by atoms with Crippen molar-refractivity contribution in [2.75, 3.05) is 10.6 Å². The second kappa shape index (κ2) is 6.17. The smallest absolute Gasteiger partial charge is 0.297 e. The highest BCUT2D eigenvalue weighted by molar-refractivity contribution is 9.09. The van der Waals surface area contributed by atoms with Crippen LogP contribution >= 0.6 is 15.9 Å². The minimum Gasteiger partial charge on any atom is -0.324 e. The fourth-order valence-corrected chi connectivity index (χ4v) is 3.79. The molecular formula is C12H10BrNO7S2. The van der Waals surface area contributed by atoms with E-state index in [0.29, 0.717) is 0 Å². The highest BCUT2D eigenvalue weighted by atomic mass is 79.9. The third kappa shape index (κ3) is 3.70. The lowest BCUT2D eigenvalue weighted by Gasteiger charge is -2.13. The number of anilines is 1. The van der Waals surface area contributed by atoms with Crippen LogP contribution in [0.25, 0.3) is 10.8 Å². The molecule has 124 valence electrons. The molecular weight excluding hydrogens is 414 g/mol. The second-order valence-corrected chi connectivity index (χ2v) is 7.73. The van der Waals surface area contributed by atoms with Gasteiger partial charge in [0.15, 0.2) is 0 Å². The highest BCUT2D eigenvalue weighted by Crippen LogP contribution is 2.33. The molecule has 0 saturated carbocycles. The highest BCUT2D eigenvalue weighted by Gasteiger charge is 2.23. The molecule has 0 aliphatic rings. The fourth-order valence-electron chi connectivity index (χ4n) is 2.09. The Labute approximate surface area is 140 Å². The average Bonchev–Trinajstić information content (AvgIpc) is 2.43. The first-order valence-corrected chi connectivity index (χ1v) is 9.92. The number of amides is 1. The molecule has 0 heterocycles. The molecule has 23 heavy (non-hydrogen) atoms. The molecule has 8 nitrogen and oxygen atoms in total. The minimum atomic E-state index is -4.78. The van der Waals surface area contributed by atoms with Crippen molar-refractivity contribution in [2.45, 2.75) is 9.79 Å². The van der Waals surface area contributed by atoms with Crippen LogP contribution in [-0.2, 0) is 25.0 Å². The summed E-state index contributed by atoms with van der Waals surface area (Å²) in [6, 6.07) is 5.88. The van der Waals surface area contributed by atoms with E-state index in [1.807, 2.05) is 0 Å². The van der Waals surface area contributed by atoms with Crippen LogP contribution in [0.3, 0.4) is 0 Å². The number of benzene rings is 2. The zero-order valence-corrected chi connectivity index (χ0v) is 14.4. The number of carbonyl (C=O) groups excluding carboxylic acids is 1. The average molecular weight is 424 g/mol. The van der Waals surface area contributed by atoms with Crippen LogP contribution in [0, 0.1) is 0 Å². The third-order valence-electron chi connectivity index (χ3n) is 2.90. The van der Waals surface area contributed by atoms with E-state index in [-0.39, 0.29) is 21.8 Å². The number of hydrogen-bond donors (Lipinski definition) is 3. The van der Waals surface area contributed by atoms with Crippen molar-refractivity contribution in [1.82, 2.24) is 0 Å². The first kappa shape index (κ1) is 17.8. The lowest BCUT2D eigenvalue weighted by atomic mass is 10.1. The van der Waals surface area contributed by atoms with E-state index in [0.717, 1.165) is 12.1 Å². The first-order chi connectivity index (χ1) is 10.6. The van der Waals surface area contributed by atoms with Gasteiger partial charge in [-0.3, -0.25) is 13.9 Å². The number of fused-ring (bicyclic) bond motifs is 1. The van der Waals surface area contributed by atoms with E-state index in [4.69, 9.17) is 0 Å². The summed E-state index contributed by atoms with van der Waals surface area (Å²) in [5.41, 5.74) is -0.211. The Kier molecular flexibility index (Phi) is 4.78. The number of rotatable bonds is 4. The van der Waals surface area contributed by atoms with Crippen molar-refractivity contribution in [2.24, 2.45) is 0 Å². The lowest BCUT2D eigenvalue weighted by Crippen LogP contribution is -2.15. The van der Waals surface area contributed by atoms with E-state index in [1.165, 1.54) is 18.2 Å². The minimum absolute atomic E-state index is 0.110. The summed E-state index contributed by atoms with van der Waals surface area (Å²) in [5, 5.41) is 1.90. The molecule has 0 aliphatic carbocycles. The Hall–Kier alpha value is -1.53. The Morgan fingerprint density at radius 3 is 2.17 bits per heavy atom. The zero-order valence-electron chi connectivity index (χ0n) is 11.2. The normalized spacial score (nSPS) is 12.3. The fraction of sp³-hybridized carbons (Fsp3) is 0.0833. The predicted octanol–water partition coefficient (Wildman–Crippen LogP) is 1.67. The van der Waals surface area contributed by atoms with Gasteiger partial charge in [0.05, 0.1) is 11.0 Å². The van der Waals surface area contributed by atoms with Crippen LogP contribution in [0.5, 0.6) is 0 Å². The van der Waals surface area contributed by atoms with Crippen molar-refractivity contribution in [1.29, 1.82) is 0 Å². The predicted molar refractivity (Wildman–Crippen MR) is 86.0 cm³/mol. The summed E-state index contributed by atoms with van der Waals surface area (Å²) in [4.78, 5) is 10.3. The van der Waals surface area contributed by atoms with E-state index in [2.05, 4.69) is 21.2 Å². The maximum Gasteiger partial charge on any atom is 0.297 e. The third-order valence-corrected chi connectivity index (χ3v) is 5.28. The number of nitrogens with one attached hydrogen (secondary N) is 1.